The van der Waals surface area contributed by atoms with Gasteiger partial charge in [-0.05, 0) is 37.5 Å². The monoisotopic (exact) mass is 297 g/mol. The molecule has 3 rings (SSSR count). The van der Waals surface area contributed by atoms with Crippen LogP contribution in [0.3, 0.4) is 0 Å². The molecule has 22 heavy (non-hydrogen) atoms. The number of amides is 1. The Bertz CT molecular complexity index is 634. The van der Waals surface area contributed by atoms with Crippen molar-refractivity contribution in [2.24, 2.45) is 0 Å². The minimum absolute atomic E-state index is 0.151. The van der Waals surface area contributed by atoms with Crippen LogP contribution in [0.25, 0.3) is 0 Å². The number of ether oxygens (including phenoxy) is 1. The molecule has 1 aliphatic rings. The summed E-state index contributed by atoms with van der Waals surface area (Å²) in [5.41, 5.74) is 2.67. The molecule has 0 saturated heterocycles. The van der Waals surface area contributed by atoms with E-state index in [9.17, 15) is 4.79 Å². The van der Waals surface area contributed by atoms with Gasteiger partial charge in [0.25, 0.3) is 5.91 Å². The van der Waals surface area contributed by atoms with Crippen LogP contribution in [0.4, 0.5) is 0 Å². The van der Waals surface area contributed by atoms with E-state index in [-0.39, 0.29) is 5.91 Å². The predicted molar refractivity (Wildman–Crippen MR) is 82.8 cm³/mol. The molecule has 0 atom stereocenters. The van der Waals surface area contributed by atoms with Gasteiger partial charge in [-0.2, -0.15) is 0 Å². The van der Waals surface area contributed by atoms with Crippen molar-refractivity contribution in [3.63, 3.8) is 0 Å². The van der Waals surface area contributed by atoms with Gasteiger partial charge in [-0.1, -0.05) is 6.07 Å². The van der Waals surface area contributed by atoms with Crippen molar-refractivity contribution < 1.29 is 9.53 Å². The lowest BCUT2D eigenvalue weighted by Crippen LogP contribution is -2.23. The number of aromatic nitrogens is 2. The molecule has 1 aliphatic carbocycles. The molecule has 5 nitrogen and oxygen atoms in total. The van der Waals surface area contributed by atoms with Crippen LogP contribution in [-0.4, -0.2) is 22.5 Å². The van der Waals surface area contributed by atoms with Gasteiger partial charge in [-0.15, -0.1) is 0 Å². The summed E-state index contributed by atoms with van der Waals surface area (Å²) in [5, 5.41) is 2.87. The predicted octanol–water partition coefficient (Wildman–Crippen LogP) is 2.68. The lowest BCUT2D eigenvalue weighted by molar-refractivity contribution is 0.0950. The highest BCUT2D eigenvalue weighted by Gasteiger charge is 2.24. The quantitative estimate of drug-likeness (QED) is 0.890. The molecule has 0 aliphatic heterocycles. The number of rotatable bonds is 6. The third kappa shape index (κ3) is 3.61. The highest BCUT2D eigenvalue weighted by molar-refractivity contribution is 5.93. The maximum Gasteiger partial charge on any atom is 0.253 e. The Kier molecular flexibility index (Phi) is 4.32. The SMILES string of the molecule is CCOc1ccc(C(=O)NCc2ccc(C3CC3)nc2)cn1. The van der Waals surface area contributed by atoms with Gasteiger partial charge in [0.05, 0.1) is 12.2 Å². The third-order valence-corrected chi connectivity index (χ3v) is 3.59. The van der Waals surface area contributed by atoms with Gasteiger partial charge in [0, 0.05) is 36.6 Å². The summed E-state index contributed by atoms with van der Waals surface area (Å²) < 4.78 is 5.25. The topological polar surface area (TPSA) is 64.1 Å². The van der Waals surface area contributed by atoms with Gasteiger partial charge in [-0.3, -0.25) is 9.78 Å². The van der Waals surface area contributed by atoms with E-state index in [4.69, 9.17) is 4.74 Å². The molecule has 1 saturated carbocycles. The van der Waals surface area contributed by atoms with E-state index in [0.29, 0.717) is 30.5 Å². The first-order chi connectivity index (χ1) is 10.8. The molecule has 0 unspecified atom stereocenters. The molecule has 2 aromatic rings. The van der Waals surface area contributed by atoms with E-state index < -0.39 is 0 Å². The van der Waals surface area contributed by atoms with E-state index in [1.165, 1.54) is 19.0 Å². The van der Waals surface area contributed by atoms with Crippen LogP contribution in [0.2, 0.25) is 0 Å². The van der Waals surface area contributed by atoms with Crippen molar-refractivity contribution in [1.82, 2.24) is 15.3 Å². The summed E-state index contributed by atoms with van der Waals surface area (Å²) in [6, 6.07) is 7.49. The van der Waals surface area contributed by atoms with Crippen LogP contribution in [0.1, 0.15) is 47.3 Å². The van der Waals surface area contributed by atoms with Gasteiger partial charge in [0.2, 0.25) is 5.88 Å². The van der Waals surface area contributed by atoms with E-state index in [1.54, 1.807) is 12.1 Å². The molecule has 5 heteroatoms. The van der Waals surface area contributed by atoms with Gasteiger partial charge in [0.1, 0.15) is 0 Å². The Morgan fingerprint density at radius 1 is 1.23 bits per heavy atom. The van der Waals surface area contributed by atoms with Crippen molar-refractivity contribution in [3.05, 3.63) is 53.5 Å². The normalized spacial score (nSPS) is 13.7. The zero-order valence-electron chi connectivity index (χ0n) is 12.6. The van der Waals surface area contributed by atoms with Gasteiger partial charge in [0.15, 0.2) is 0 Å². The van der Waals surface area contributed by atoms with E-state index in [1.807, 2.05) is 19.2 Å². The minimum Gasteiger partial charge on any atom is -0.478 e. The van der Waals surface area contributed by atoms with Crippen LogP contribution in [-0.2, 0) is 6.54 Å². The highest BCUT2D eigenvalue weighted by atomic mass is 16.5. The largest absolute Gasteiger partial charge is 0.478 e. The molecule has 2 aromatic heterocycles. The van der Waals surface area contributed by atoms with Gasteiger partial charge >= 0.3 is 0 Å². The number of pyridine rings is 2. The van der Waals surface area contributed by atoms with E-state index in [2.05, 4.69) is 21.4 Å². The zero-order chi connectivity index (χ0) is 15.4. The first kappa shape index (κ1) is 14.5. The first-order valence-corrected chi connectivity index (χ1v) is 7.58. The van der Waals surface area contributed by atoms with Crippen molar-refractivity contribution in [1.29, 1.82) is 0 Å². The fourth-order valence-electron chi connectivity index (χ4n) is 2.19. The van der Waals surface area contributed by atoms with Crippen LogP contribution < -0.4 is 10.1 Å². The lowest BCUT2D eigenvalue weighted by atomic mass is 10.2. The van der Waals surface area contributed by atoms with Crippen LogP contribution in [0.15, 0.2) is 36.7 Å². The molecule has 0 radical (unpaired) electrons. The molecular weight excluding hydrogens is 278 g/mol. The summed E-state index contributed by atoms with van der Waals surface area (Å²) in [6.45, 7) is 2.91. The minimum atomic E-state index is -0.151. The average Bonchev–Trinajstić information content (AvgIpc) is 3.39. The van der Waals surface area contributed by atoms with Crippen molar-refractivity contribution in [3.8, 4) is 5.88 Å². The fourth-order valence-corrected chi connectivity index (χ4v) is 2.19. The second kappa shape index (κ2) is 6.56. The summed E-state index contributed by atoms with van der Waals surface area (Å²) in [7, 11) is 0. The third-order valence-electron chi connectivity index (χ3n) is 3.59. The Morgan fingerprint density at radius 2 is 2.09 bits per heavy atom. The maximum atomic E-state index is 12.1. The zero-order valence-corrected chi connectivity index (χ0v) is 12.6. The van der Waals surface area contributed by atoms with E-state index >= 15 is 0 Å². The Hall–Kier alpha value is -2.43. The van der Waals surface area contributed by atoms with E-state index in [0.717, 1.165) is 11.3 Å². The number of carbonyl (C=O) groups is 1. The van der Waals surface area contributed by atoms with Crippen LogP contribution in [0, 0.1) is 0 Å². The number of carbonyl (C=O) groups excluding carboxylic acids is 1. The molecule has 1 N–H and O–H groups in total. The molecule has 1 amide bonds. The maximum absolute atomic E-state index is 12.1. The molecule has 1 fully saturated rings. The second-order valence-electron chi connectivity index (χ2n) is 5.37. The number of nitrogens with one attached hydrogen (secondary N) is 1. The summed E-state index contributed by atoms with van der Waals surface area (Å²) >= 11 is 0. The highest BCUT2D eigenvalue weighted by Crippen LogP contribution is 2.38. The summed E-state index contributed by atoms with van der Waals surface area (Å²) in [5.74, 6) is 1.03. The Balaban J connectivity index is 1.54. The number of hydrogen-bond donors (Lipinski definition) is 1. The first-order valence-electron chi connectivity index (χ1n) is 7.58. The van der Waals surface area contributed by atoms with Crippen molar-refractivity contribution >= 4 is 5.91 Å². The Morgan fingerprint density at radius 3 is 2.68 bits per heavy atom. The van der Waals surface area contributed by atoms with Crippen molar-refractivity contribution in [2.45, 2.75) is 32.2 Å². The van der Waals surface area contributed by atoms with Gasteiger partial charge in [-0.25, -0.2) is 4.98 Å². The number of nitrogens with zero attached hydrogens (tertiary/aromatic N) is 2. The average molecular weight is 297 g/mol. The summed E-state index contributed by atoms with van der Waals surface area (Å²) in [4.78, 5) is 20.6. The summed E-state index contributed by atoms with van der Waals surface area (Å²) in [6.07, 6.45) is 5.85. The standard InChI is InChI=1S/C17H19N3O2/c1-2-22-16-8-6-14(11-19-16)17(21)20-10-12-3-7-15(18-9-12)13-4-5-13/h3,6-9,11,13H,2,4-5,10H2,1H3,(H,20,21). The van der Waals surface area contributed by atoms with Gasteiger partial charge < -0.3 is 10.1 Å². The molecule has 114 valence electrons. The van der Waals surface area contributed by atoms with Crippen LogP contribution >= 0.6 is 0 Å². The van der Waals surface area contributed by atoms with Crippen LogP contribution in [0.5, 0.6) is 5.88 Å². The van der Waals surface area contributed by atoms with Crippen molar-refractivity contribution in [2.75, 3.05) is 6.61 Å². The second-order valence-corrected chi connectivity index (χ2v) is 5.37. The Labute approximate surface area is 129 Å². The molecule has 0 bridgehead atoms. The molecule has 2 heterocycles. The molecule has 0 spiro atoms. The number of hydrogen-bond acceptors (Lipinski definition) is 4. The molecular formula is C17H19N3O2. The molecule has 0 aromatic carbocycles. The fraction of sp³-hybridized carbons (Fsp3) is 0.353. The smallest absolute Gasteiger partial charge is 0.253 e. The lowest BCUT2D eigenvalue weighted by Gasteiger charge is -2.07.